The molecule has 1 aromatic heterocycles. The maximum absolute atomic E-state index is 13.2. The van der Waals surface area contributed by atoms with Crippen LogP contribution in [-0.4, -0.2) is 41.5 Å². The van der Waals surface area contributed by atoms with E-state index in [-0.39, 0.29) is 11.4 Å². The van der Waals surface area contributed by atoms with Crippen LogP contribution in [0.15, 0.2) is 29.2 Å². The summed E-state index contributed by atoms with van der Waals surface area (Å²) in [5, 5.41) is 6.84. The second kappa shape index (κ2) is 7.77. The van der Waals surface area contributed by atoms with Gasteiger partial charge >= 0.3 is 0 Å². The van der Waals surface area contributed by atoms with Crippen LogP contribution in [0.3, 0.4) is 0 Å². The van der Waals surface area contributed by atoms with Crippen molar-refractivity contribution in [3.05, 3.63) is 41.5 Å². The molecule has 1 amide bonds. The number of rotatable bonds is 5. The van der Waals surface area contributed by atoms with Crippen LogP contribution in [-0.2, 0) is 21.4 Å². The number of carbonyl (C=O) groups is 1. The summed E-state index contributed by atoms with van der Waals surface area (Å²) in [5.41, 5.74) is 1.13. The zero-order valence-corrected chi connectivity index (χ0v) is 16.2. The summed E-state index contributed by atoms with van der Waals surface area (Å²) in [5.74, 6) is -0.859. The predicted molar refractivity (Wildman–Crippen MR) is 99.3 cm³/mol. The van der Waals surface area contributed by atoms with Gasteiger partial charge in [-0.3, -0.25) is 9.48 Å². The molecule has 0 aliphatic carbocycles. The van der Waals surface area contributed by atoms with E-state index in [9.17, 15) is 17.6 Å². The second-order valence-electron chi connectivity index (χ2n) is 6.68. The zero-order chi connectivity index (χ0) is 19.6. The Bertz CT molecular complexity index is 950. The van der Waals surface area contributed by atoms with Crippen molar-refractivity contribution in [2.75, 3.05) is 18.4 Å². The Labute approximate surface area is 158 Å². The van der Waals surface area contributed by atoms with Crippen molar-refractivity contribution in [1.29, 1.82) is 0 Å². The molecule has 3 rings (SSSR count). The first-order chi connectivity index (χ1) is 12.8. The number of anilines is 1. The quantitative estimate of drug-likeness (QED) is 0.844. The largest absolute Gasteiger partial charge is 0.324 e. The summed E-state index contributed by atoms with van der Waals surface area (Å²) in [6.07, 6.45) is 2.73. The summed E-state index contributed by atoms with van der Waals surface area (Å²) >= 11 is 0. The van der Waals surface area contributed by atoms with Gasteiger partial charge in [0.05, 0.1) is 11.4 Å². The molecule has 0 spiro atoms. The van der Waals surface area contributed by atoms with Crippen molar-refractivity contribution in [3.63, 3.8) is 0 Å². The van der Waals surface area contributed by atoms with Crippen LogP contribution in [0.25, 0.3) is 0 Å². The monoisotopic (exact) mass is 394 g/mol. The zero-order valence-electron chi connectivity index (χ0n) is 15.4. The molecule has 146 valence electrons. The molecule has 1 saturated heterocycles. The highest BCUT2D eigenvalue weighted by Crippen LogP contribution is 2.26. The third kappa shape index (κ3) is 4.19. The van der Waals surface area contributed by atoms with Gasteiger partial charge in [-0.25, -0.2) is 12.8 Å². The smallest absolute Gasteiger partial charge is 0.246 e. The van der Waals surface area contributed by atoms with Gasteiger partial charge in [-0.1, -0.05) is 12.5 Å². The van der Waals surface area contributed by atoms with Crippen LogP contribution < -0.4 is 5.32 Å². The Kier molecular flexibility index (Phi) is 5.61. The lowest BCUT2D eigenvalue weighted by molar-refractivity contribution is -0.116. The van der Waals surface area contributed by atoms with E-state index in [2.05, 4.69) is 10.4 Å². The first kappa shape index (κ1) is 19.5. The van der Waals surface area contributed by atoms with E-state index in [0.29, 0.717) is 30.2 Å². The molecule has 1 N–H and O–H groups in total. The van der Waals surface area contributed by atoms with Crippen LogP contribution in [0.2, 0.25) is 0 Å². The number of halogens is 1. The summed E-state index contributed by atoms with van der Waals surface area (Å²) in [6.45, 7) is 4.13. The fraction of sp³-hybridized carbons (Fsp3) is 0.444. The van der Waals surface area contributed by atoms with Crippen molar-refractivity contribution < 1.29 is 17.6 Å². The van der Waals surface area contributed by atoms with Crippen molar-refractivity contribution in [1.82, 2.24) is 14.1 Å². The van der Waals surface area contributed by atoms with Crippen molar-refractivity contribution >= 4 is 21.6 Å². The molecule has 0 bridgehead atoms. The summed E-state index contributed by atoms with van der Waals surface area (Å²) in [4.78, 5) is 12.4. The predicted octanol–water partition coefficient (Wildman–Crippen LogP) is 2.45. The lowest BCUT2D eigenvalue weighted by Crippen LogP contribution is -2.36. The molecular formula is C18H23FN4O3S. The average molecular weight is 394 g/mol. The highest BCUT2D eigenvalue weighted by molar-refractivity contribution is 7.89. The molecule has 1 aliphatic heterocycles. The van der Waals surface area contributed by atoms with Gasteiger partial charge < -0.3 is 5.32 Å². The van der Waals surface area contributed by atoms with Crippen molar-refractivity contribution in [3.8, 4) is 0 Å². The number of piperidine rings is 1. The third-order valence-corrected chi connectivity index (χ3v) is 6.78. The summed E-state index contributed by atoms with van der Waals surface area (Å²) < 4.78 is 42.1. The first-order valence-corrected chi connectivity index (χ1v) is 10.3. The highest BCUT2D eigenvalue weighted by atomic mass is 32.2. The van der Waals surface area contributed by atoms with E-state index >= 15 is 0 Å². The molecule has 0 radical (unpaired) electrons. The number of aromatic nitrogens is 2. The average Bonchev–Trinajstić information content (AvgIpc) is 2.89. The minimum absolute atomic E-state index is 0.154. The number of nitrogens with zero attached hydrogens (tertiary/aromatic N) is 3. The molecule has 2 aromatic rings. The van der Waals surface area contributed by atoms with Gasteiger partial charge in [0.2, 0.25) is 15.9 Å². The van der Waals surface area contributed by atoms with E-state index in [1.54, 1.807) is 19.9 Å². The SMILES string of the molecule is Cc1nn(CC(=O)Nc2cccc(F)c2)c(C)c1S(=O)(=O)N1CCCCC1. The topological polar surface area (TPSA) is 84.3 Å². The third-order valence-electron chi connectivity index (χ3n) is 4.63. The molecule has 1 fully saturated rings. The van der Waals surface area contributed by atoms with Gasteiger partial charge in [0.1, 0.15) is 17.3 Å². The molecule has 0 atom stereocenters. The Morgan fingerprint density at radius 3 is 2.59 bits per heavy atom. The molecule has 0 saturated carbocycles. The number of aryl methyl sites for hydroxylation is 1. The lowest BCUT2D eigenvalue weighted by atomic mass is 10.2. The maximum atomic E-state index is 13.2. The Hall–Kier alpha value is -2.26. The van der Waals surface area contributed by atoms with Gasteiger partial charge in [0.25, 0.3) is 0 Å². The molecule has 27 heavy (non-hydrogen) atoms. The molecule has 9 heteroatoms. The number of hydrogen-bond acceptors (Lipinski definition) is 4. The van der Waals surface area contributed by atoms with Crippen LogP contribution in [0.5, 0.6) is 0 Å². The normalized spacial score (nSPS) is 15.7. The molecule has 2 heterocycles. The van der Waals surface area contributed by atoms with Crippen LogP contribution >= 0.6 is 0 Å². The van der Waals surface area contributed by atoms with Gasteiger partial charge in [-0.05, 0) is 44.9 Å². The minimum Gasteiger partial charge on any atom is -0.324 e. The van der Waals surface area contributed by atoms with Gasteiger partial charge in [0, 0.05) is 18.8 Å². The fourth-order valence-corrected chi connectivity index (χ4v) is 5.23. The van der Waals surface area contributed by atoms with Crippen LogP contribution in [0.4, 0.5) is 10.1 Å². The van der Waals surface area contributed by atoms with Crippen molar-refractivity contribution in [2.24, 2.45) is 0 Å². The molecule has 7 nitrogen and oxygen atoms in total. The molecule has 1 aliphatic rings. The number of benzene rings is 1. The van der Waals surface area contributed by atoms with Gasteiger partial charge in [0.15, 0.2) is 0 Å². The van der Waals surface area contributed by atoms with E-state index in [1.807, 2.05) is 0 Å². The maximum Gasteiger partial charge on any atom is 0.246 e. The van der Waals surface area contributed by atoms with E-state index in [0.717, 1.165) is 19.3 Å². The highest BCUT2D eigenvalue weighted by Gasteiger charge is 2.31. The summed E-state index contributed by atoms with van der Waals surface area (Å²) in [7, 11) is -3.63. The van der Waals surface area contributed by atoms with Crippen LogP contribution in [0, 0.1) is 19.7 Å². The van der Waals surface area contributed by atoms with E-state index in [1.165, 1.54) is 27.2 Å². The fourth-order valence-electron chi connectivity index (χ4n) is 3.34. The molecule has 0 unspecified atom stereocenters. The Morgan fingerprint density at radius 1 is 1.22 bits per heavy atom. The second-order valence-corrected chi connectivity index (χ2v) is 8.56. The first-order valence-electron chi connectivity index (χ1n) is 8.88. The number of amides is 1. The Balaban J connectivity index is 1.80. The Morgan fingerprint density at radius 2 is 1.93 bits per heavy atom. The van der Waals surface area contributed by atoms with E-state index < -0.39 is 21.7 Å². The van der Waals surface area contributed by atoms with Gasteiger partial charge in [-0.2, -0.15) is 9.40 Å². The van der Waals surface area contributed by atoms with Crippen molar-refractivity contribution in [2.45, 2.75) is 44.6 Å². The summed E-state index contributed by atoms with van der Waals surface area (Å²) in [6, 6.07) is 5.58. The number of carbonyl (C=O) groups excluding carboxylic acids is 1. The lowest BCUT2D eigenvalue weighted by Gasteiger charge is -2.25. The van der Waals surface area contributed by atoms with Crippen LogP contribution in [0.1, 0.15) is 30.7 Å². The number of nitrogens with one attached hydrogen (secondary N) is 1. The molecule has 1 aromatic carbocycles. The number of hydrogen-bond donors (Lipinski definition) is 1. The standard InChI is InChI=1S/C18H23FN4O3S/c1-13-18(27(25,26)22-9-4-3-5-10-22)14(2)23(21-13)12-17(24)20-16-8-6-7-15(19)11-16/h6-8,11H,3-5,9-10,12H2,1-2H3,(H,20,24). The number of sulfonamides is 1. The minimum atomic E-state index is -3.63. The molecular weight excluding hydrogens is 371 g/mol. The van der Waals surface area contributed by atoms with Gasteiger partial charge in [-0.15, -0.1) is 0 Å². The van der Waals surface area contributed by atoms with E-state index in [4.69, 9.17) is 0 Å².